The first kappa shape index (κ1) is 12.3. The van der Waals surface area contributed by atoms with Gasteiger partial charge in [-0.1, -0.05) is 0 Å². The quantitative estimate of drug-likeness (QED) is 0.834. The summed E-state index contributed by atoms with van der Waals surface area (Å²) in [6, 6.07) is 3.85. The summed E-state index contributed by atoms with van der Waals surface area (Å²) in [7, 11) is 0. The summed E-state index contributed by atoms with van der Waals surface area (Å²) in [4.78, 5) is 15.6. The highest BCUT2D eigenvalue weighted by atomic mass is 16.1. The lowest BCUT2D eigenvalue weighted by atomic mass is 10.1. The summed E-state index contributed by atoms with van der Waals surface area (Å²) in [6.45, 7) is 2.46. The van der Waals surface area contributed by atoms with Gasteiger partial charge in [0.1, 0.15) is 0 Å². The standard InChI is InChI=1S/C13H16N4O/c1-10-12(9-16-17-10)8-15-13(18)3-2-11-4-6-14-7-5-11/h4-7,9H,2-3,8H2,1H3,(H,15,18)(H,16,17). The molecule has 94 valence electrons. The number of carbonyl (C=O) groups is 1. The number of hydrogen-bond donors (Lipinski definition) is 2. The Morgan fingerprint density at radius 2 is 2.17 bits per heavy atom. The Hall–Kier alpha value is -2.17. The molecule has 18 heavy (non-hydrogen) atoms. The molecule has 2 aromatic heterocycles. The summed E-state index contributed by atoms with van der Waals surface area (Å²) in [6.07, 6.45) is 6.43. The molecule has 0 bridgehead atoms. The van der Waals surface area contributed by atoms with Gasteiger partial charge in [0.25, 0.3) is 0 Å². The van der Waals surface area contributed by atoms with Gasteiger partial charge in [-0.05, 0) is 31.0 Å². The summed E-state index contributed by atoms with van der Waals surface area (Å²) < 4.78 is 0. The number of carbonyl (C=O) groups excluding carboxylic acids is 1. The summed E-state index contributed by atoms with van der Waals surface area (Å²) >= 11 is 0. The van der Waals surface area contributed by atoms with E-state index in [4.69, 9.17) is 0 Å². The topological polar surface area (TPSA) is 70.7 Å². The zero-order chi connectivity index (χ0) is 12.8. The minimum Gasteiger partial charge on any atom is -0.352 e. The smallest absolute Gasteiger partial charge is 0.220 e. The number of rotatable bonds is 5. The van der Waals surface area contributed by atoms with E-state index in [0.717, 1.165) is 23.2 Å². The number of aromatic amines is 1. The van der Waals surface area contributed by atoms with E-state index in [9.17, 15) is 4.79 Å². The number of pyridine rings is 1. The second-order valence-electron chi connectivity index (χ2n) is 4.15. The molecule has 2 aromatic rings. The van der Waals surface area contributed by atoms with E-state index in [2.05, 4.69) is 20.5 Å². The molecule has 0 aromatic carbocycles. The van der Waals surface area contributed by atoms with Crippen LogP contribution in [-0.4, -0.2) is 21.1 Å². The molecular formula is C13H16N4O. The summed E-state index contributed by atoms with van der Waals surface area (Å²) in [5, 5.41) is 9.63. The Bertz CT molecular complexity index is 507. The van der Waals surface area contributed by atoms with E-state index >= 15 is 0 Å². The van der Waals surface area contributed by atoms with Gasteiger partial charge in [0.05, 0.1) is 6.20 Å². The van der Waals surface area contributed by atoms with Gasteiger partial charge in [0.15, 0.2) is 0 Å². The zero-order valence-corrected chi connectivity index (χ0v) is 10.3. The van der Waals surface area contributed by atoms with Gasteiger partial charge in [0, 0.05) is 36.6 Å². The molecule has 0 aliphatic rings. The highest BCUT2D eigenvalue weighted by Gasteiger charge is 2.04. The molecule has 0 aliphatic carbocycles. The van der Waals surface area contributed by atoms with Crippen molar-refractivity contribution < 1.29 is 4.79 Å². The van der Waals surface area contributed by atoms with Crippen molar-refractivity contribution in [1.29, 1.82) is 0 Å². The van der Waals surface area contributed by atoms with Crippen LogP contribution in [0.5, 0.6) is 0 Å². The van der Waals surface area contributed by atoms with Crippen LogP contribution in [-0.2, 0) is 17.8 Å². The molecule has 0 unspecified atom stereocenters. The van der Waals surface area contributed by atoms with Crippen molar-refractivity contribution >= 4 is 5.91 Å². The molecule has 5 nitrogen and oxygen atoms in total. The van der Waals surface area contributed by atoms with Gasteiger partial charge in [-0.25, -0.2) is 0 Å². The van der Waals surface area contributed by atoms with E-state index in [0.29, 0.717) is 13.0 Å². The SMILES string of the molecule is Cc1[nH]ncc1CNC(=O)CCc1ccncc1. The predicted molar refractivity (Wildman–Crippen MR) is 67.7 cm³/mol. The van der Waals surface area contributed by atoms with E-state index in [1.165, 1.54) is 0 Å². The predicted octanol–water partition coefficient (Wildman–Crippen LogP) is 1.36. The molecule has 0 fully saturated rings. The van der Waals surface area contributed by atoms with Crippen LogP contribution in [0.1, 0.15) is 23.2 Å². The van der Waals surface area contributed by atoms with E-state index in [-0.39, 0.29) is 5.91 Å². The molecule has 2 rings (SSSR count). The molecule has 2 N–H and O–H groups in total. The molecule has 0 atom stereocenters. The number of hydrogen-bond acceptors (Lipinski definition) is 3. The molecular weight excluding hydrogens is 228 g/mol. The van der Waals surface area contributed by atoms with E-state index in [1.807, 2.05) is 19.1 Å². The van der Waals surface area contributed by atoms with Crippen molar-refractivity contribution in [3.8, 4) is 0 Å². The first-order chi connectivity index (χ1) is 8.75. The fraction of sp³-hybridized carbons (Fsp3) is 0.308. The van der Waals surface area contributed by atoms with Gasteiger partial charge < -0.3 is 5.32 Å². The maximum absolute atomic E-state index is 11.7. The highest BCUT2D eigenvalue weighted by Crippen LogP contribution is 2.03. The molecule has 5 heteroatoms. The average Bonchev–Trinajstić information content (AvgIpc) is 2.81. The Morgan fingerprint density at radius 1 is 1.39 bits per heavy atom. The van der Waals surface area contributed by atoms with Gasteiger partial charge in [-0.15, -0.1) is 0 Å². The monoisotopic (exact) mass is 244 g/mol. The van der Waals surface area contributed by atoms with E-state index in [1.54, 1.807) is 18.6 Å². The minimum atomic E-state index is 0.0485. The lowest BCUT2D eigenvalue weighted by molar-refractivity contribution is -0.121. The van der Waals surface area contributed by atoms with Crippen LogP contribution in [0.3, 0.4) is 0 Å². The Morgan fingerprint density at radius 3 is 2.83 bits per heavy atom. The molecule has 0 radical (unpaired) electrons. The number of nitrogens with one attached hydrogen (secondary N) is 2. The zero-order valence-electron chi connectivity index (χ0n) is 10.3. The maximum atomic E-state index is 11.7. The van der Waals surface area contributed by atoms with Gasteiger partial charge in [0.2, 0.25) is 5.91 Å². The van der Waals surface area contributed by atoms with Gasteiger partial charge in [-0.3, -0.25) is 14.9 Å². The first-order valence-electron chi connectivity index (χ1n) is 5.90. The minimum absolute atomic E-state index is 0.0485. The van der Waals surface area contributed by atoms with Crippen molar-refractivity contribution in [2.75, 3.05) is 0 Å². The molecule has 1 amide bonds. The van der Waals surface area contributed by atoms with Crippen LogP contribution < -0.4 is 5.32 Å². The maximum Gasteiger partial charge on any atom is 0.220 e. The third-order valence-electron chi connectivity index (χ3n) is 2.80. The van der Waals surface area contributed by atoms with Crippen LogP contribution in [0.4, 0.5) is 0 Å². The van der Waals surface area contributed by atoms with E-state index < -0.39 is 0 Å². The second-order valence-corrected chi connectivity index (χ2v) is 4.15. The van der Waals surface area contributed by atoms with Crippen LogP contribution in [0.2, 0.25) is 0 Å². The number of aryl methyl sites for hydroxylation is 2. The molecule has 0 spiro atoms. The lowest BCUT2D eigenvalue weighted by Crippen LogP contribution is -2.23. The third kappa shape index (κ3) is 3.41. The second kappa shape index (κ2) is 5.95. The number of H-pyrrole nitrogens is 1. The van der Waals surface area contributed by atoms with Crippen LogP contribution in [0.25, 0.3) is 0 Å². The highest BCUT2D eigenvalue weighted by molar-refractivity contribution is 5.76. The average molecular weight is 244 g/mol. The van der Waals surface area contributed by atoms with Crippen molar-refractivity contribution in [2.24, 2.45) is 0 Å². The Balaban J connectivity index is 1.75. The largest absolute Gasteiger partial charge is 0.352 e. The summed E-state index contributed by atoms with van der Waals surface area (Å²) in [5.41, 5.74) is 3.14. The Labute approximate surface area is 106 Å². The fourth-order valence-corrected chi connectivity index (χ4v) is 1.64. The fourth-order valence-electron chi connectivity index (χ4n) is 1.64. The van der Waals surface area contributed by atoms with Crippen molar-refractivity contribution in [2.45, 2.75) is 26.3 Å². The third-order valence-corrected chi connectivity index (χ3v) is 2.80. The van der Waals surface area contributed by atoms with Crippen LogP contribution in [0, 0.1) is 6.92 Å². The van der Waals surface area contributed by atoms with Gasteiger partial charge >= 0.3 is 0 Å². The summed E-state index contributed by atoms with van der Waals surface area (Å²) in [5.74, 6) is 0.0485. The van der Waals surface area contributed by atoms with Gasteiger partial charge in [-0.2, -0.15) is 5.10 Å². The van der Waals surface area contributed by atoms with Crippen LogP contribution in [0.15, 0.2) is 30.7 Å². The molecule has 0 aliphatic heterocycles. The van der Waals surface area contributed by atoms with Crippen LogP contribution >= 0.6 is 0 Å². The first-order valence-corrected chi connectivity index (χ1v) is 5.90. The number of aromatic nitrogens is 3. The molecule has 0 saturated heterocycles. The normalized spacial score (nSPS) is 10.3. The molecule has 0 saturated carbocycles. The van der Waals surface area contributed by atoms with Crippen molar-refractivity contribution in [3.63, 3.8) is 0 Å². The number of nitrogens with zero attached hydrogens (tertiary/aromatic N) is 2. The lowest BCUT2D eigenvalue weighted by Gasteiger charge is -2.04. The number of amides is 1. The van der Waals surface area contributed by atoms with Crippen molar-refractivity contribution in [1.82, 2.24) is 20.5 Å². The Kier molecular flexibility index (Phi) is 4.06. The van der Waals surface area contributed by atoms with Crippen molar-refractivity contribution in [3.05, 3.63) is 47.5 Å². The molecule has 2 heterocycles.